The molecule has 0 heterocycles. The molecular formula is C26H44O4. The van der Waals surface area contributed by atoms with Crippen molar-refractivity contribution in [1.29, 1.82) is 0 Å². The molecule has 0 bridgehead atoms. The molecule has 172 valence electrons. The van der Waals surface area contributed by atoms with E-state index >= 15 is 0 Å². The smallest absolute Gasteiger partial charge is 0.305 e. The average Bonchev–Trinajstić information content (AvgIpc) is 3.07. The van der Waals surface area contributed by atoms with Crippen LogP contribution in [-0.2, 0) is 9.53 Å². The molecule has 10 atom stereocenters. The van der Waals surface area contributed by atoms with Gasteiger partial charge < -0.3 is 14.9 Å². The molecule has 2 N–H and O–H groups in total. The quantitative estimate of drug-likeness (QED) is 0.617. The second-order valence-electron chi connectivity index (χ2n) is 11.7. The number of fused-ring (bicyclic) bond motifs is 5. The summed E-state index contributed by atoms with van der Waals surface area (Å²) >= 11 is 0. The summed E-state index contributed by atoms with van der Waals surface area (Å²) < 4.78 is 5.14. The van der Waals surface area contributed by atoms with Crippen LogP contribution in [0.1, 0.15) is 91.9 Å². The van der Waals surface area contributed by atoms with Crippen molar-refractivity contribution in [3.8, 4) is 0 Å². The second kappa shape index (κ2) is 8.39. The van der Waals surface area contributed by atoms with Crippen molar-refractivity contribution >= 4 is 5.97 Å². The van der Waals surface area contributed by atoms with Crippen LogP contribution in [0, 0.1) is 46.3 Å². The molecule has 4 fully saturated rings. The fourth-order valence-electron chi connectivity index (χ4n) is 8.94. The molecule has 0 spiro atoms. The zero-order chi connectivity index (χ0) is 21.7. The number of carbonyl (C=O) groups is 1. The van der Waals surface area contributed by atoms with Crippen molar-refractivity contribution in [1.82, 2.24) is 0 Å². The summed E-state index contributed by atoms with van der Waals surface area (Å²) in [6.45, 7) is 9.45. The predicted molar refractivity (Wildman–Crippen MR) is 118 cm³/mol. The van der Waals surface area contributed by atoms with Gasteiger partial charge >= 0.3 is 5.97 Å². The van der Waals surface area contributed by atoms with E-state index in [4.69, 9.17) is 4.74 Å². The summed E-state index contributed by atoms with van der Waals surface area (Å²) in [6, 6.07) is 0. The van der Waals surface area contributed by atoms with E-state index in [9.17, 15) is 15.0 Å². The summed E-state index contributed by atoms with van der Waals surface area (Å²) in [5.74, 6) is 3.39. The minimum Gasteiger partial charge on any atom is -0.466 e. The van der Waals surface area contributed by atoms with Gasteiger partial charge in [0, 0.05) is 6.42 Å². The summed E-state index contributed by atoms with van der Waals surface area (Å²) in [5, 5.41) is 21.8. The van der Waals surface area contributed by atoms with Gasteiger partial charge in [0.25, 0.3) is 0 Å². The number of ether oxygens (including phenoxy) is 1. The van der Waals surface area contributed by atoms with E-state index in [1.54, 1.807) is 0 Å². The van der Waals surface area contributed by atoms with Crippen LogP contribution in [0.5, 0.6) is 0 Å². The maximum Gasteiger partial charge on any atom is 0.305 e. The molecule has 4 nitrogen and oxygen atoms in total. The van der Waals surface area contributed by atoms with Crippen LogP contribution in [0.15, 0.2) is 0 Å². The first kappa shape index (κ1) is 22.6. The van der Waals surface area contributed by atoms with Crippen molar-refractivity contribution < 1.29 is 19.7 Å². The lowest BCUT2D eigenvalue weighted by Crippen LogP contribution is -2.58. The van der Waals surface area contributed by atoms with Gasteiger partial charge in [-0.2, -0.15) is 0 Å². The van der Waals surface area contributed by atoms with Crippen molar-refractivity contribution in [3.63, 3.8) is 0 Å². The molecule has 0 unspecified atom stereocenters. The lowest BCUT2D eigenvalue weighted by molar-refractivity contribution is -0.175. The van der Waals surface area contributed by atoms with E-state index in [0.29, 0.717) is 42.6 Å². The molecule has 0 aliphatic heterocycles. The maximum absolute atomic E-state index is 11.9. The van der Waals surface area contributed by atoms with Crippen LogP contribution >= 0.6 is 0 Å². The number of rotatable bonds is 5. The number of carbonyl (C=O) groups excluding carboxylic acids is 1. The van der Waals surface area contributed by atoms with Gasteiger partial charge in [0.2, 0.25) is 0 Å². The Morgan fingerprint density at radius 3 is 2.57 bits per heavy atom. The normalized spacial score (nSPS) is 48.9. The molecule has 30 heavy (non-hydrogen) atoms. The summed E-state index contributed by atoms with van der Waals surface area (Å²) in [4.78, 5) is 11.9. The largest absolute Gasteiger partial charge is 0.466 e. The predicted octanol–water partition coefficient (Wildman–Crippen LogP) is 4.96. The Labute approximate surface area is 183 Å². The highest BCUT2D eigenvalue weighted by molar-refractivity contribution is 5.69. The number of hydrogen-bond donors (Lipinski definition) is 2. The average molecular weight is 421 g/mol. The number of esters is 1. The van der Waals surface area contributed by atoms with Crippen molar-refractivity contribution in [2.75, 3.05) is 6.61 Å². The first-order chi connectivity index (χ1) is 14.2. The molecule has 4 saturated carbocycles. The molecule has 0 amide bonds. The van der Waals surface area contributed by atoms with Crippen LogP contribution in [0.25, 0.3) is 0 Å². The Bertz CT molecular complexity index is 635. The zero-order valence-corrected chi connectivity index (χ0v) is 19.6. The fraction of sp³-hybridized carbons (Fsp3) is 0.962. The van der Waals surface area contributed by atoms with E-state index in [2.05, 4.69) is 20.8 Å². The molecule has 0 radical (unpaired) electrons. The highest BCUT2D eigenvalue weighted by Gasteiger charge is 2.63. The molecule has 4 heteroatoms. The molecule has 0 aromatic carbocycles. The third kappa shape index (κ3) is 3.54. The van der Waals surface area contributed by atoms with E-state index in [0.717, 1.165) is 38.0 Å². The van der Waals surface area contributed by atoms with Crippen molar-refractivity contribution in [2.24, 2.45) is 46.3 Å². The number of aliphatic hydroxyl groups excluding tert-OH is 2. The highest BCUT2D eigenvalue weighted by atomic mass is 16.5. The van der Waals surface area contributed by atoms with E-state index in [-0.39, 0.29) is 29.0 Å². The summed E-state index contributed by atoms with van der Waals surface area (Å²) in [5.41, 5.74) is 0.269. The van der Waals surface area contributed by atoms with Gasteiger partial charge in [0.1, 0.15) is 0 Å². The van der Waals surface area contributed by atoms with Crippen molar-refractivity contribution in [2.45, 2.75) is 104 Å². The molecular weight excluding hydrogens is 376 g/mol. The Kier molecular flexibility index (Phi) is 6.31. The standard InChI is InChI=1S/C26H44O4/c1-5-30-24(29)11-6-16(2)20-9-10-21-19-8-7-17-14-18(27)12-13-25(17,3)22(19)15-23(28)26(20,21)4/h16-23,27-28H,5-15H2,1-4H3/t16-,17+,18+,19+,20+,21+,22+,23-,25+,26-/m1/s1. The van der Waals surface area contributed by atoms with Gasteiger partial charge in [-0.1, -0.05) is 20.8 Å². The van der Waals surface area contributed by atoms with E-state index in [1.807, 2.05) is 6.92 Å². The molecule has 4 aliphatic carbocycles. The number of hydrogen-bond acceptors (Lipinski definition) is 4. The van der Waals surface area contributed by atoms with Gasteiger partial charge in [-0.25, -0.2) is 0 Å². The Balaban J connectivity index is 1.50. The third-order valence-electron chi connectivity index (χ3n) is 10.6. The van der Waals surface area contributed by atoms with Crippen molar-refractivity contribution in [3.05, 3.63) is 0 Å². The van der Waals surface area contributed by atoms with Gasteiger partial charge in [0.15, 0.2) is 0 Å². The fourth-order valence-corrected chi connectivity index (χ4v) is 8.94. The summed E-state index contributed by atoms with van der Waals surface area (Å²) in [7, 11) is 0. The second-order valence-corrected chi connectivity index (χ2v) is 11.7. The van der Waals surface area contributed by atoms with Gasteiger partial charge in [-0.05, 0) is 111 Å². The third-order valence-corrected chi connectivity index (χ3v) is 10.6. The lowest BCUT2D eigenvalue weighted by Gasteiger charge is -2.62. The van der Waals surface area contributed by atoms with Gasteiger partial charge in [0.05, 0.1) is 18.8 Å². The van der Waals surface area contributed by atoms with E-state index < -0.39 is 0 Å². The minimum absolute atomic E-state index is 0.0212. The molecule has 0 aromatic heterocycles. The maximum atomic E-state index is 11.9. The van der Waals surface area contributed by atoms with Crippen LogP contribution in [-0.4, -0.2) is 35.0 Å². The Morgan fingerprint density at radius 1 is 1.07 bits per heavy atom. The van der Waals surface area contributed by atoms with E-state index in [1.165, 1.54) is 25.7 Å². The Hall–Kier alpha value is -0.610. The highest BCUT2D eigenvalue weighted by Crippen LogP contribution is 2.68. The van der Waals surface area contributed by atoms with Gasteiger partial charge in [-0.3, -0.25) is 4.79 Å². The summed E-state index contributed by atoms with van der Waals surface area (Å²) in [6.07, 6.45) is 9.88. The number of aliphatic hydroxyl groups is 2. The zero-order valence-electron chi connectivity index (χ0n) is 19.6. The molecule has 4 aliphatic rings. The van der Waals surface area contributed by atoms with Crippen LogP contribution in [0.3, 0.4) is 0 Å². The molecule has 0 saturated heterocycles. The van der Waals surface area contributed by atoms with Crippen LogP contribution in [0.2, 0.25) is 0 Å². The first-order valence-electron chi connectivity index (χ1n) is 12.7. The monoisotopic (exact) mass is 420 g/mol. The molecule has 4 rings (SSSR count). The molecule has 0 aromatic rings. The topological polar surface area (TPSA) is 66.8 Å². The Morgan fingerprint density at radius 2 is 1.83 bits per heavy atom. The van der Waals surface area contributed by atoms with Crippen LogP contribution in [0.4, 0.5) is 0 Å². The first-order valence-corrected chi connectivity index (χ1v) is 12.7. The SMILES string of the molecule is CCOC(=O)CC[C@@H](C)[C@@H]1CC[C@H]2[C@@H]3CC[C@H]4C[C@@H](O)CC[C@]4(C)[C@H]3C[C@@H](O)[C@@]21C. The minimum atomic E-state index is -0.247. The lowest BCUT2D eigenvalue weighted by atomic mass is 9.43. The van der Waals surface area contributed by atoms with Gasteiger partial charge in [-0.15, -0.1) is 0 Å². The van der Waals surface area contributed by atoms with Crippen LogP contribution < -0.4 is 0 Å².